The zero-order valence-corrected chi connectivity index (χ0v) is 10.8. The lowest BCUT2D eigenvalue weighted by Crippen LogP contribution is -2.24. The molecule has 3 nitrogen and oxygen atoms in total. The summed E-state index contributed by atoms with van der Waals surface area (Å²) in [4.78, 5) is 22.5. The highest BCUT2D eigenvalue weighted by Crippen LogP contribution is 2.44. The fraction of sp³-hybridized carbons (Fsp3) is 0.778. The van der Waals surface area contributed by atoms with E-state index in [4.69, 9.17) is 0 Å². The Labute approximate surface area is 88.2 Å². The quantitative estimate of drug-likeness (QED) is 0.426. The summed E-state index contributed by atoms with van der Waals surface area (Å²) in [5, 5.41) is 0.0905. The monoisotopic (exact) mass is 234 g/mol. The van der Waals surface area contributed by atoms with Gasteiger partial charge in [0.2, 0.25) is 0 Å². The summed E-state index contributed by atoms with van der Waals surface area (Å²) in [6.07, 6.45) is 0.723. The van der Waals surface area contributed by atoms with Gasteiger partial charge in [0.25, 0.3) is 0 Å². The highest BCUT2D eigenvalue weighted by Gasteiger charge is 2.43. The predicted molar refractivity (Wildman–Crippen MR) is 60.5 cm³/mol. The number of carbonyl (C=O) groups excluding carboxylic acids is 2. The molecule has 1 heterocycles. The number of hydrogen-bond acceptors (Lipinski definition) is 3. The third kappa shape index (κ3) is 2.52. The van der Waals surface area contributed by atoms with Crippen molar-refractivity contribution in [1.29, 1.82) is 0 Å². The number of hydrogen-bond donors (Lipinski definition) is 0. The standard InChI is InChI=1S/C9H16O3P2/c1-5-6(4-9(2,3)14-13)8(11)12-7(5)10/h5-6,14H,4,13H2,1-3H3. The van der Waals surface area contributed by atoms with Gasteiger partial charge in [0.1, 0.15) is 0 Å². The molecule has 0 radical (unpaired) electrons. The maximum absolute atomic E-state index is 11.3. The number of carbonyl (C=O) groups is 2. The molecule has 0 bridgehead atoms. The molecule has 0 saturated carbocycles. The lowest BCUT2D eigenvalue weighted by molar-refractivity contribution is -0.153. The van der Waals surface area contributed by atoms with Crippen LogP contribution in [0, 0.1) is 11.8 Å². The van der Waals surface area contributed by atoms with Gasteiger partial charge in [-0.25, -0.2) is 0 Å². The van der Waals surface area contributed by atoms with E-state index in [-0.39, 0.29) is 28.9 Å². The molecule has 0 aliphatic carbocycles. The first-order valence-electron chi connectivity index (χ1n) is 4.61. The lowest BCUT2D eigenvalue weighted by Gasteiger charge is -2.25. The van der Waals surface area contributed by atoms with E-state index >= 15 is 0 Å². The van der Waals surface area contributed by atoms with Crippen LogP contribution in [0.3, 0.4) is 0 Å². The average molecular weight is 234 g/mol. The fourth-order valence-corrected chi connectivity index (χ4v) is 2.20. The summed E-state index contributed by atoms with van der Waals surface area (Å²) in [5.41, 5.74) is 0. The van der Waals surface area contributed by atoms with Crippen molar-refractivity contribution >= 4 is 29.1 Å². The van der Waals surface area contributed by atoms with Crippen molar-refractivity contribution in [2.75, 3.05) is 0 Å². The van der Waals surface area contributed by atoms with Gasteiger partial charge in [0, 0.05) is 0 Å². The van der Waals surface area contributed by atoms with E-state index in [1.165, 1.54) is 0 Å². The van der Waals surface area contributed by atoms with Crippen molar-refractivity contribution in [3.05, 3.63) is 0 Å². The molecule has 80 valence electrons. The van der Waals surface area contributed by atoms with Gasteiger partial charge < -0.3 is 4.74 Å². The number of esters is 2. The van der Waals surface area contributed by atoms with Crippen LogP contribution in [0.25, 0.3) is 0 Å². The molecule has 4 atom stereocenters. The molecule has 0 aromatic heterocycles. The summed E-state index contributed by atoms with van der Waals surface area (Å²) in [6, 6.07) is 0. The Kier molecular flexibility index (Phi) is 3.66. The second-order valence-electron chi connectivity index (χ2n) is 4.37. The van der Waals surface area contributed by atoms with E-state index in [0.29, 0.717) is 8.27 Å². The van der Waals surface area contributed by atoms with Gasteiger partial charge in [-0.05, 0) is 11.6 Å². The Morgan fingerprint density at radius 3 is 2.36 bits per heavy atom. The molecule has 14 heavy (non-hydrogen) atoms. The second kappa shape index (κ2) is 4.24. The molecule has 0 aromatic carbocycles. The first kappa shape index (κ1) is 12.1. The van der Waals surface area contributed by atoms with Crippen molar-refractivity contribution in [2.24, 2.45) is 11.8 Å². The van der Waals surface area contributed by atoms with Crippen LogP contribution < -0.4 is 0 Å². The highest BCUT2D eigenvalue weighted by molar-refractivity contribution is 8.03. The van der Waals surface area contributed by atoms with E-state index in [1.807, 2.05) is 0 Å². The molecule has 4 unspecified atom stereocenters. The van der Waals surface area contributed by atoms with Crippen LogP contribution in [-0.2, 0) is 14.3 Å². The zero-order valence-electron chi connectivity index (χ0n) is 8.66. The molecule has 0 N–H and O–H groups in total. The van der Waals surface area contributed by atoms with Crippen molar-refractivity contribution in [2.45, 2.75) is 32.3 Å². The van der Waals surface area contributed by atoms with E-state index in [1.54, 1.807) is 6.92 Å². The maximum atomic E-state index is 11.3. The number of rotatable bonds is 3. The van der Waals surface area contributed by atoms with Gasteiger partial charge in [-0.1, -0.05) is 29.0 Å². The van der Waals surface area contributed by atoms with Crippen LogP contribution in [-0.4, -0.2) is 17.1 Å². The van der Waals surface area contributed by atoms with Gasteiger partial charge >= 0.3 is 11.9 Å². The molecule has 1 aliphatic rings. The van der Waals surface area contributed by atoms with Crippen LogP contribution >= 0.6 is 17.2 Å². The molecule has 1 fully saturated rings. The van der Waals surface area contributed by atoms with Crippen molar-refractivity contribution in [3.63, 3.8) is 0 Å². The lowest BCUT2D eigenvalue weighted by atomic mass is 9.88. The fourth-order valence-electron chi connectivity index (χ4n) is 1.50. The Hall–Kier alpha value is -0.000000000000000111. The summed E-state index contributed by atoms with van der Waals surface area (Å²) in [5.74, 6) is -1.24. The van der Waals surface area contributed by atoms with E-state index in [0.717, 1.165) is 6.42 Å². The second-order valence-corrected chi connectivity index (χ2v) is 6.88. The van der Waals surface area contributed by atoms with E-state index < -0.39 is 0 Å². The largest absolute Gasteiger partial charge is 0.393 e. The highest BCUT2D eigenvalue weighted by atomic mass is 32.0. The maximum Gasteiger partial charge on any atom is 0.317 e. The van der Waals surface area contributed by atoms with Crippen molar-refractivity contribution < 1.29 is 14.3 Å². The summed E-state index contributed by atoms with van der Waals surface area (Å²) in [6.45, 7) is 5.96. The first-order chi connectivity index (χ1) is 6.37. The van der Waals surface area contributed by atoms with Gasteiger partial charge in [-0.15, -0.1) is 8.93 Å². The minimum Gasteiger partial charge on any atom is -0.393 e. The number of cyclic esters (lactones) is 2. The van der Waals surface area contributed by atoms with Gasteiger partial charge in [-0.2, -0.15) is 0 Å². The summed E-state index contributed by atoms with van der Waals surface area (Å²) >= 11 is 0. The predicted octanol–water partition coefficient (Wildman–Crippen LogP) is 1.96. The van der Waals surface area contributed by atoms with Crippen LogP contribution in [0.4, 0.5) is 0 Å². The minimum atomic E-state index is -0.372. The molecule has 1 aliphatic heterocycles. The topological polar surface area (TPSA) is 43.4 Å². The van der Waals surface area contributed by atoms with Crippen LogP contribution in [0.15, 0.2) is 0 Å². The third-order valence-corrected chi connectivity index (χ3v) is 5.93. The molecule has 1 rings (SSSR count). The molecule has 5 heteroatoms. The van der Waals surface area contributed by atoms with Crippen LogP contribution in [0.1, 0.15) is 27.2 Å². The van der Waals surface area contributed by atoms with Crippen LogP contribution in [0.5, 0.6) is 0 Å². The van der Waals surface area contributed by atoms with E-state index in [9.17, 15) is 9.59 Å². The summed E-state index contributed by atoms with van der Waals surface area (Å²) < 4.78 is 4.59. The Bertz CT molecular complexity index is 263. The molecular weight excluding hydrogens is 218 g/mol. The molecule has 1 saturated heterocycles. The third-order valence-electron chi connectivity index (χ3n) is 2.60. The zero-order chi connectivity index (χ0) is 10.9. The smallest absolute Gasteiger partial charge is 0.317 e. The van der Waals surface area contributed by atoms with Crippen molar-refractivity contribution in [1.82, 2.24) is 0 Å². The molecule has 0 amide bonds. The van der Waals surface area contributed by atoms with Crippen LogP contribution in [0.2, 0.25) is 0 Å². The summed E-state index contributed by atoms with van der Waals surface area (Å²) in [7, 11) is 3.38. The minimum absolute atomic E-state index is 0.0905. The molecular formula is C9H16O3P2. The van der Waals surface area contributed by atoms with Crippen molar-refractivity contribution in [3.8, 4) is 0 Å². The van der Waals surface area contributed by atoms with Gasteiger partial charge in [-0.3, -0.25) is 9.59 Å². The Morgan fingerprint density at radius 2 is 2.00 bits per heavy atom. The van der Waals surface area contributed by atoms with E-state index in [2.05, 4.69) is 27.5 Å². The number of ether oxygens (including phenoxy) is 1. The molecule has 0 spiro atoms. The normalized spacial score (nSPS) is 28.9. The first-order valence-corrected chi connectivity index (χ1v) is 7.41. The Morgan fingerprint density at radius 1 is 1.43 bits per heavy atom. The Balaban J connectivity index is 2.69. The molecule has 0 aromatic rings. The van der Waals surface area contributed by atoms with Gasteiger partial charge in [0.05, 0.1) is 11.8 Å². The SMILES string of the molecule is CC1C(=O)OC(=O)C1CC(C)(C)PP. The van der Waals surface area contributed by atoms with Gasteiger partial charge in [0.15, 0.2) is 0 Å². The average Bonchev–Trinajstić information content (AvgIpc) is 2.32.